The fourth-order valence-electron chi connectivity index (χ4n) is 2.59. The van der Waals surface area contributed by atoms with Crippen LogP contribution >= 0.6 is 0 Å². The molecule has 0 saturated carbocycles. The third-order valence-corrected chi connectivity index (χ3v) is 3.39. The lowest BCUT2D eigenvalue weighted by Gasteiger charge is -2.08. The van der Waals surface area contributed by atoms with Crippen LogP contribution in [0, 0.1) is 0 Å². The van der Waals surface area contributed by atoms with Gasteiger partial charge in [-0.3, -0.25) is 4.79 Å². The summed E-state index contributed by atoms with van der Waals surface area (Å²) < 4.78 is 0. The fraction of sp³-hybridized carbons (Fsp3) is 0.188. The highest BCUT2D eigenvalue weighted by atomic mass is 16.1. The van der Waals surface area contributed by atoms with E-state index in [4.69, 9.17) is 0 Å². The van der Waals surface area contributed by atoms with E-state index in [9.17, 15) is 4.79 Å². The number of rotatable bonds is 2. The molecule has 0 radical (unpaired) electrons. The highest BCUT2D eigenvalue weighted by Gasteiger charge is 2.06. The number of hydrogen-bond acceptors (Lipinski definition) is 1. The van der Waals surface area contributed by atoms with Crippen molar-refractivity contribution in [3.8, 4) is 0 Å². The average molecular weight is 237 g/mol. The first-order chi connectivity index (χ1) is 8.81. The van der Waals surface area contributed by atoms with Gasteiger partial charge in [-0.2, -0.15) is 0 Å². The molecule has 0 aliphatic rings. The maximum atomic E-state index is 11.9. The molecule has 0 aliphatic heterocycles. The van der Waals surface area contributed by atoms with Gasteiger partial charge in [0.1, 0.15) is 0 Å². The van der Waals surface area contributed by atoms with Crippen LogP contribution in [0.3, 0.4) is 0 Å². The molecule has 0 bridgehead atoms. The SMILES string of the molecule is CCCc1cc[nH]c2ccc3c(=O)cccc3c12. The molecule has 0 saturated heterocycles. The van der Waals surface area contributed by atoms with Crippen molar-refractivity contribution in [2.45, 2.75) is 19.8 Å². The second kappa shape index (κ2) is 4.30. The van der Waals surface area contributed by atoms with Gasteiger partial charge in [-0.1, -0.05) is 25.5 Å². The van der Waals surface area contributed by atoms with E-state index in [0.717, 1.165) is 29.1 Å². The summed E-state index contributed by atoms with van der Waals surface area (Å²) in [6.07, 6.45) is 4.11. The molecule has 18 heavy (non-hydrogen) atoms. The zero-order valence-corrected chi connectivity index (χ0v) is 10.4. The Labute approximate surface area is 105 Å². The summed E-state index contributed by atoms with van der Waals surface area (Å²) >= 11 is 0. The van der Waals surface area contributed by atoms with Gasteiger partial charge < -0.3 is 4.98 Å². The van der Waals surface area contributed by atoms with Crippen molar-refractivity contribution >= 4 is 21.7 Å². The van der Waals surface area contributed by atoms with Crippen LogP contribution in [-0.4, -0.2) is 4.98 Å². The molecule has 0 amide bonds. The lowest BCUT2D eigenvalue weighted by molar-refractivity contribution is 0.928. The number of aromatic nitrogens is 1. The van der Waals surface area contributed by atoms with E-state index in [1.165, 1.54) is 10.9 Å². The van der Waals surface area contributed by atoms with Crippen LogP contribution in [0.25, 0.3) is 21.7 Å². The number of fused-ring (bicyclic) bond motifs is 3. The monoisotopic (exact) mass is 237 g/mol. The number of aromatic amines is 1. The van der Waals surface area contributed by atoms with E-state index >= 15 is 0 Å². The fourth-order valence-corrected chi connectivity index (χ4v) is 2.59. The van der Waals surface area contributed by atoms with E-state index < -0.39 is 0 Å². The van der Waals surface area contributed by atoms with Crippen molar-refractivity contribution in [1.29, 1.82) is 0 Å². The third-order valence-electron chi connectivity index (χ3n) is 3.39. The van der Waals surface area contributed by atoms with Gasteiger partial charge in [0.05, 0.1) is 0 Å². The summed E-state index contributed by atoms with van der Waals surface area (Å²) in [6, 6.07) is 11.5. The second-order valence-electron chi connectivity index (χ2n) is 4.59. The highest BCUT2D eigenvalue weighted by molar-refractivity contribution is 6.07. The molecule has 0 unspecified atom stereocenters. The minimum absolute atomic E-state index is 0.0979. The van der Waals surface area contributed by atoms with E-state index in [1.807, 2.05) is 30.5 Å². The van der Waals surface area contributed by atoms with Crippen molar-refractivity contribution < 1.29 is 0 Å². The molecule has 3 rings (SSSR count). The summed E-state index contributed by atoms with van der Waals surface area (Å²) in [5.74, 6) is 0. The Balaban J connectivity index is 2.52. The first-order valence-corrected chi connectivity index (χ1v) is 6.33. The molecule has 90 valence electrons. The van der Waals surface area contributed by atoms with E-state index in [2.05, 4.69) is 18.0 Å². The van der Waals surface area contributed by atoms with Crippen molar-refractivity contribution in [3.05, 3.63) is 58.4 Å². The molecular formula is C16H15NO. The number of aryl methyl sites for hydroxylation is 1. The third kappa shape index (κ3) is 1.61. The standard InChI is InChI=1S/C16H15NO/c1-2-4-11-9-10-17-14-8-7-12-13(16(11)14)5-3-6-15(12)18/h3,5-10,17H,2,4H2,1H3. The highest BCUT2D eigenvalue weighted by Crippen LogP contribution is 2.26. The van der Waals surface area contributed by atoms with Gasteiger partial charge in [0.2, 0.25) is 0 Å². The Hall–Kier alpha value is -2.09. The van der Waals surface area contributed by atoms with Crippen LogP contribution in [0.2, 0.25) is 0 Å². The molecule has 1 N–H and O–H groups in total. The quantitative estimate of drug-likeness (QED) is 0.678. The van der Waals surface area contributed by atoms with Gasteiger partial charge in [0.15, 0.2) is 5.43 Å². The smallest absolute Gasteiger partial charge is 0.186 e. The van der Waals surface area contributed by atoms with Crippen molar-refractivity contribution in [2.24, 2.45) is 0 Å². The zero-order chi connectivity index (χ0) is 12.5. The Morgan fingerprint density at radius 1 is 1.06 bits per heavy atom. The molecule has 3 aromatic rings. The maximum Gasteiger partial charge on any atom is 0.186 e. The van der Waals surface area contributed by atoms with Crippen molar-refractivity contribution in [2.75, 3.05) is 0 Å². The van der Waals surface area contributed by atoms with Crippen LogP contribution in [0.4, 0.5) is 0 Å². The number of nitrogens with one attached hydrogen (secondary N) is 1. The van der Waals surface area contributed by atoms with Crippen LogP contribution in [0.15, 0.2) is 47.4 Å². The molecule has 0 atom stereocenters. The number of benzene rings is 2. The van der Waals surface area contributed by atoms with Crippen LogP contribution < -0.4 is 5.43 Å². The molecule has 0 aliphatic carbocycles. The number of hydrogen-bond donors (Lipinski definition) is 1. The number of pyridine rings is 1. The first kappa shape index (κ1) is 11.0. The minimum atomic E-state index is 0.0979. The number of H-pyrrole nitrogens is 1. The van der Waals surface area contributed by atoms with Crippen LogP contribution in [0.1, 0.15) is 18.9 Å². The Morgan fingerprint density at radius 2 is 1.94 bits per heavy atom. The molecule has 1 aromatic heterocycles. The molecule has 2 aromatic carbocycles. The van der Waals surface area contributed by atoms with Gasteiger partial charge >= 0.3 is 0 Å². The van der Waals surface area contributed by atoms with Crippen LogP contribution in [0.5, 0.6) is 0 Å². The van der Waals surface area contributed by atoms with Crippen molar-refractivity contribution in [3.63, 3.8) is 0 Å². The molecule has 2 heteroatoms. The maximum absolute atomic E-state index is 11.9. The van der Waals surface area contributed by atoms with Gasteiger partial charge in [-0.15, -0.1) is 0 Å². The molecular weight excluding hydrogens is 222 g/mol. The largest absolute Gasteiger partial charge is 0.361 e. The van der Waals surface area contributed by atoms with Crippen molar-refractivity contribution in [1.82, 2.24) is 4.98 Å². The predicted octanol–water partition coefficient (Wildman–Crippen LogP) is 3.63. The van der Waals surface area contributed by atoms with Gasteiger partial charge in [-0.05, 0) is 41.6 Å². The second-order valence-corrected chi connectivity index (χ2v) is 4.59. The summed E-state index contributed by atoms with van der Waals surface area (Å²) in [4.78, 5) is 15.1. The van der Waals surface area contributed by atoms with E-state index in [0.29, 0.717) is 0 Å². The summed E-state index contributed by atoms with van der Waals surface area (Å²) in [6.45, 7) is 2.17. The van der Waals surface area contributed by atoms with Gasteiger partial charge in [-0.25, -0.2) is 0 Å². The lowest BCUT2D eigenvalue weighted by atomic mass is 9.98. The normalized spacial score (nSPS) is 11.2. The topological polar surface area (TPSA) is 32.9 Å². The molecule has 1 heterocycles. The molecule has 2 nitrogen and oxygen atoms in total. The summed E-state index contributed by atoms with van der Waals surface area (Å²) in [5.41, 5.74) is 2.50. The first-order valence-electron chi connectivity index (χ1n) is 6.33. The van der Waals surface area contributed by atoms with Crippen LogP contribution in [-0.2, 0) is 6.42 Å². The summed E-state index contributed by atoms with van der Waals surface area (Å²) in [7, 11) is 0. The summed E-state index contributed by atoms with van der Waals surface area (Å²) in [5, 5.41) is 3.05. The Morgan fingerprint density at radius 3 is 2.78 bits per heavy atom. The van der Waals surface area contributed by atoms with Gasteiger partial charge in [0, 0.05) is 22.5 Å². The van der Waals surface area contributed by atoms with Gasteiger partial charge in [0.25, 0.3) is 0 Å². The average Bonchev–Trinajstić information content (AvgIpc) is 2.39. The predicted molar refractivity (Wildman–Crippen MR) is 76.1 cm³/mol. The Kier molecular flexibility index (Phi) is 2.63. The lowest BCUT2D eigenvalue weighted by Crippen LogP contribution is -1.99. The van der Waals surface area contributed by atoms with E-state index in [-0.39, 0.29) is 5.43 Å². The zero-order valence-electron chi connectivity index (χ0n) is 10.4. The molecule has 0 fully saturated rings. The Bertz CT molecular complexity index is 771. The van der Waals surface area contributed by atoms with E-state index in [1.54, 1.807) is 6.07 Å². The molecule has 0 spiro atoms. The minimum Gasteiger partial charge on any atom is -0.361 e.